The standard InChI is InChI=1S/C14H20N2.C4H10.H2/c1-4-11-6-5-7-13-14(11)12(10-15-13)8-9-16(2)3;1-3-4-2;/h5-7,10,15H,4,8-9H2,1-3H3;3-4H2,1-2H3;1H. The lowest BCUT2D eigenvalue weighted by Gasteiger charge is -2.09. The maximum atomic E-state index is 3.37. The van der Waals surface area contributed by atoms with Crippen LogP contribution >= 0.6 is 0 Å². The van der Waals surface area contributed by atoms with E-state index in [2.05, 4.69) is 69.1 Å². The Labute approximate surface area is 125 Å². The van der Waals surface area contributed by atoms with Gasteiger partial charge in [0.25, 0.3) is 0 Å². The molecule has 0 aliphatic carbocycles. The van der Waals surface area contributed by atoms with Crippen molar-refractivity contribution in [2.45, 2.75) is 46.5 Å². The first kappa shape index (κ1) is 16.8. The molecule has 0 atom stereocenters. The number of aromatic nitrogens is 1. The molecule has 0 aliphatic heterocycles. The number of fused-ring (bicyclic) bond motifs is 1. The van der Waals surface area contributed by atoms with Gasteiger partial charge in [0.05, 0.1) is 0 Å². The lowest BCUT2D eigenvalue weighted by molar-refractivity contribution is 0.414. The van der Waals surface area contributed by atoms with E-state index in [4.69, 9.17) is 0 Å². The van der Waals surface area contributed by atoms with Gasteiger partial charge in [-0.1, -0.05) is 45.7 Å². The second-order valence-electron chi connectivity index (χ2n) is 5.56. The molecule has 0 saturated heterocycles. The zero-order valence-corrected chi connectivity index (χ0v) is 13.8. The molecular formula is C18H32N2. The highest BCUT2D eigenvalue weighted by Crippen LogP contribution is 2.23. The van der Waals surface area contributed by atoms with Crippen molar-refractivity contribution in [1.82, 2.24) is 9.88 Å². The Kier molecular flexibility index (Phi) is 7.38. The second-order valence-corrected chi connectivity index (χ2v) is 5.56. The van der Waals surface area contributed by atoms with E-state index >= 15 is 0 Å². The summed E-state index contributed by atoms with van der Waals surface area (Å²) in [7, 11) is 4.24. The number of nitrogens with one attached hydrogen (secondary N) is 1. The zero-order valence-electron chi connectivity index (χ0n) is 13.8. The molecular weight excluding hydrogens is 244 g/mol. The van der Waals surface area contributed by atoms with E-state index in [0.29, 0.717) is 0 Å². The lowest BCUT2D eigenvalue weighted by atomic mass is 10.0. The third kappa shape index (κ3) is 4.68. The smallest absolute Gasteiger partial charge is 0.0459 e. The van der Waals surface area contributed by atoms with Crippen LogP contribution < -0.4 is 0 Å². The summed E-state index contributed by atoms with van der Waals surface area (Å²) >= 11 is 0. The van der Waals surface area contributed by atoms with Crippen LogP contribution in [0.5, 0.6) is 0 Å². The van der Waals surface area contributed by atoms with Gasteiger partial charge in [-0.25, -0.2) is 0 Å². The van der Waals surface area contributed by atoms with E-state index < -0.39 is 0 Å². The van der Waals surface area contributed by atoms with Crippen molar-refractivity contribution in [2.24, 2.45) is 0 Å². The van der Waals surface area contributed by atoms with Crippen LogP contribution in [0.25, 0.3) is 10.9 Å². The van der Waals surface area contributed by atoms with Crippen molar-refractivity contribution in [3.8, 4) is 0 Å². The van der Waals surface area contributed by atoms with E-state index in [9.17, 15) is 0 Å². The van der Waals surface area contributed by atoms with Crippen LogP contribution in [-0.4, -0.2) is 30.5 Å². The molecule has 2 aromatic rings. The molecule has 0 saturated carbocycles. The Hall–Kier alpha value is -1.28. The topological polar surface area (TPSA) is 19.0 Å². The number of unbranched alkanes of at least 4 members (excludes halogenated alkanes) is 1. The molecule has 0 bridgehead atoms. The summed E-state index contributed by atoms with van der Waals surface area (Å²) in [6, 6.07) is 6.52. The van der Waals surface area contributed by atoms with E-state index in [1.54, 1.807) is 0 Å². The van der Waals surface area contributed by atoms with Crippen molar-refractivity contribution in [1.29, 1.82) is 0 Å². The normalized spacial score (nSPS) is 10.7. The Balaban J connectivity index is 0.000000715. The zero-order chi connectivity index (χ0) is 15.0. The van der Waals surface area contributed by atoms with Gasteiger partial charge in [0.1, 0.15) is 0 Å². The minimum Gasteiger partial charge on any atom is -0.361 e. The van der Waals surface area contributed by atoms with Crippen LogP contribution in [0.4, 0.5) is 0 Å². The Morgan fingerprint density at radius 1 is 1.05 bits per heavy atom. The van der Waals surface area contributed by atoms with Crippen LogP contribution in [0.15, 0.2) is 24.4 Å². The van der Waals surface area contributed by atoms with Crippen molar-refractivity contribution in [3.05, 3.63) is 35.5 Å². The highest BCUT2D eigenvalue weighted by Gasteiger charge is 2.07. The summed E-state index contributed by atoms with van der Waals surface area (Å²) in [6.45, 7) is 7.68. The predicted octanol–water partition coefficient (Wildman–Crippen LogP) is 4.89. The molecule has 2 nitrogen and oxygen atoms in total. The molecule has 1 aromatic heterocycles. The molecule has 0 aliphatic rings. The molecule has 0 spiro atoms. The molecule has 1 aromatic carbocycles. The van der Waals surface area contributed by atoms with Gasteiger partial charge in [0.15, 0.2) is 0 Å². The van der Waals surface area contributed by atoms with E-state index in [1.165, 1.54) is 34.9 Å². The van der Waals surface area contributed by atoms with Gasteiger partial charge in [-0.15, -0.1) is 0 Å². The summed E-state index contributed by atoms with van der Waals surface area (Å²) in [5, 5.41) is 1.44. The van der Waals surface area contributed by atoms with Crippen LogP contribution in [0, 0.1) is 0 Å². The summed E-state index contributed by atoms with van der Waals surface area (Å²) in [4.78, 5) is 5.60. The van der Waals surface area contributed by atoms with Crippen molar-refractivity contribution >= 4 is 10.9 Å². The molecule has 1 N–H and O–H groups in total. The van der Waals surface area contributed by atoms with Crippen LogP contribution in [0.3, 0.4) is 0 Å². The SMILES string of the molecule is CCCC.CCc1cccc2[nH]cc(CCN(C)C)c12.[HH]. The molecule has 2 rings (SSSR count). The van der Waals surface area contributed by atoms with Gasteiger partial charge in [-0.2, -0.15) is 0 Å². The van der Waals surface area contributed by atoms with Crippen molar-refractivity contribution in [2.75, 3.05) is 20.6 Å². The minimum atomic E-state index is 0. The molecule has 2 heteroatoms. The first-order valence-corrected chi connectivity index (χ1v) is 7.86. The number of hydrogen-bond donors (Lipinski definition) is 1. The Morgan fingerprint density at radius 3 is 2.30 bits per heavy atom. The fraction of sp³-hybridized carbons (Fsp3) is 0.556. The maximum Gasteiger partial charge on any atom is 0.0459 e. The fourth-order valence-corrected chi connectivity index (χ4v) is 2.17. The molecule has 20 heavy (non-hydrogen) atoms. The van der Waals surface area contributed by atoms with E-state index in [0.717, 1.165) is 19.4 Å². The van der Waals surface area contributed by atoms with Gasteiger partial charge in [0.2, 0.25) is 0 Å². The number of nitrogens with zero attached hydrogens (tertiary/aromatic N) is 1. The second kappa shape index (κ2) is 8.80. The van der Waals surface area contributed by atoms with Gasteiger partial charge >= 0.3 is 0 Å². The first-order chi connectivity index (χ1) is 9.63. The molecule has 0 fully saturated rings. The van der Waals surface area contributed by atoms with Gasteiger partial charge in [0, 0.05) is 25.1 Å². The highest BCUT2D eigenvalue weighted by atomic mass is 15.0. The fourth-order valence-electron chi connectivity index (χ4n) is 2.17. The summed E-state index contributed by atoms with van der Waals surface area (Å²) < 4.78 is 0. The lowest BCUT2D eigenvalue weighted by Crippen LogP contribution is -2.14. The Bertz CT molecular complexity index is 501. The van der Waals surface area contributed by atoms with Crippen molar-refractivity contribution < 1.29 is 1.43 Å². The molecule has 0 amide bonds. The van der Waals surface area contributed by atoms with Gasteiger partial charge < -0.3 is 9.88 Å². The summed E-state index contributed by atoms with van der Waals surface area (Å²) in [6.07, 6.45) is 7.02. The number of hydrogen-bond acceptors (Lipinski definition) is 1. The van der Waals surface area contributed by atoms with Crippen molar-refractivity contribution in [3.63, 3.8) is 0 Å². The number of rotatable bonds is 5. The minimum absolute atomic E-state index is 0. The third-order valence-corrected chi connectivity index (χ3v) is 3.58. The van der Waals surface area contributed by atoms with Crippen LogP contribution in [0.2, 0.25) is 0 Å². The van der Waals surface area contributed by atoms with E-state index in [1.807, 2.05) is 0 Å². The number of benzene rings is 1. The number of aromatic amines is 1. The average molecular weight is 276 g/mol. The molecule has 0 radical (unpaired) electrons. The van der Waals surface area contributed by atoms with Crippen LogP contribution in [-0.2, 0) is 12.8 Å². The number of H-pyrrole nitrogens is 1. The number of aryl methyl sites for hydroxylation is 1. The highest BCUT2D eigenvalue weighted by molar-refractivity contribution is 5.86. The largest absolute Gasteiger partial charge is 0.361 e. The molecule has 1 heterocycles. The third-order valence-electron chi connectivity index (χ3n) is 3.58. The average Bonchev–Trinajstić information content (AvgIpc) is 2.88. The summed E-state index contributed by atoms with van der Waals surface area (Å²) in [5.41, 5.74) is 4.17. The van der Waals surface area contributed by atoms with E-state index in [-0.39, 0.29) is 1.43 Å². The van der Waals surface area contributed by atoms with Gasteiger partial charge in [-0.3, -0.25) is 0 Å². The first-order valence-electron chi connectivity index (χ1n) is 7.86. The molecule has 114 valence electrons. The van der Waals surface area contributed by atoms with Gasteiger partial charge in [-0.05, 0) is 44.1 Å². The summed E-state index contributed by atoms with van der Waals surface area (Å²) in [5.74, 6) is 0. The Morgan fingerprint density at radius 2 is 1.75 bits per heavy atom. The number of likely N-dealkylation sites (N-methyl/N-ethyl adjacent to an activating group) is 1. The monoisotopic (exact) mass is 276 g/mol. The maximum absolute atomic E-state index is 3.37. The van der Waals surface area contributed by atoms with Crippen LogP contribution in [0.1, 0.15) is 46.2 Å². The quantitative estimate of drug-likeness (QED) is 0.824. The molecule has 0 unspecified atom stereocenters. The predicted molar refractivity (Wildman–Crippen MR) is 92.6 cm³/mol.